The Balaban J connectivity index is 1.48. The molecular weight excluding hydrogens is 300 g/mol. The number of carbonyl (C=O) groups is 1. The Morgan fingerprint density at radius 3 is 2.92 bits per heavy atom. The van der Waals surface area contributed by atoms with E-state index in [0.29, 0.717) is 0 Å². The lowest BCUT2D eigenvalue weighted by molar-refractivity contribution is -0.135. The van der Waals surface area contributed by atoms with Crippen LogP contribution in [-0.2, 0) is 24.7 Å². The molecule has 4 rings (SSSR count). The molecule has 5 heteroatoms. The van der Waals surface area contributed by atoms with Crippen molar-refractivity contribution >= 4 is 11.5 Å². The molecule has 0 N–H and O–H groups in total. The summed E-state index contributed by atoms with van der Waals surface area (Å²) in [7, 11) is 1.91. The van der Waals surface area contributed by atoms with Gasteiger partial charge in [-0.25, -0.2) is 0 Å². The highest BCUT2D eigenvalue weighted by Gasteiger charge is 2.31. The van der Waals surface area contributed by atoms with Gasteiger partial charge in [-0.2, -0.15) is 0 Å². The van der Waals surface area contributed by atoms with Gasteiger partial charge in [-0.05, 0) is 30.4 Å². The molecule has 5 nitrogen and oxygen atoms in total. The Morgan fingerprint density at radius 1 is 1.25 bits per heavy atom. The fraction of sp³-hybridized carbons (Fsp3) is 0.421. The first kappa shape index (κ1) is 15.1. The first-order valence-electron chi connectivity index (χ1n) is 8.63. The first-order valence-corrected chi connectivity index (χ1v) is 8.63. The van der Waals surface area contributed by atoms with E-state index in [-0.39, 0.29) is 11.8 Å². The minimum absolute atomic E-state index is 0.0600. The van der Waals surface area contributed by atoms with Gasteiger partial charge in [0.25, 0.3) is 0 Å². The molecule has 0 spiro atoms. The largest absolute Gasteiger partial charge is 0.338 e. The van der Waals surface area contributed by atoms with Gasteiger partial charge in [-0.15, -0.1) is 5.10 Å². The summed E-state index contributed by atoms with van der Waals surface area (Å²) in [6.07, 6.45) is 5.70. The van der Waals surface area contributed by atoms with Crippen molar-refractivity contribution in [3.05, 3.63) is 53.4 Å². The van der Waals surface area contributed by atoms with Crippen LogP contribution < -0.4 is 0 Å². The lowest BCUT2D eigenvalue weighted by Gasteiger charge is -2.32. The van der Waals surface area contributed by atoms with E-state index in [2.05, 4.69) is 40.7 Å². The highest BCUT2D eigenvalue weighted by atomic mass is 16.2. The first-order chi connectivity index (χ1) is 11.7. The normalized spacial score (nSPS) is 20.5. The van der Waals surface area contributed by atoms with Crippen molar-refractivity contribution in [1.29, 1.82) is 0 Å². The van der Waals surface area contributed by atoms with E-state index in [0.717, 1.165) is 50.2 Å². The number of hydrogen-bond acceptors (Lipinski definition) is 3. The maximum Gasteiger partial charge on any atom is 0.226 e. The molecule has 2 aromatic rings. The third-order valence-electron chi connectivity index (χ3n) is 5.15. The van der Waals surface area contributed by atoms with Crippen LogP contribution in [-0.4, -0.2) is 38.9 Å². The van der Waals surface area contributed by atoms with Crippen LogP contribution in [0.3, 0.4) is 0 Å². The smallest absolute Gasteiger partial charge is 0.226 e. The van der Waals surface area contributed by atoms with Crippen molar-refractivity contribution in [1.82, 2.24) is 19.9 Å². The van der Waals surface area contributed by atoms with Crippen molar-refractivity contribution in [3.8, 4) is 0 Å². The second-order valence-electron chi connectivity index (χ2n) is 6.69. The van der Waals surface area contributed by atoms with Gasteiger partial charge in [-0.3, -0.25) is 9.48 Å². The lowest BCUT2D eigenvalue weighted by Crippen LogP contribution is -2.41. The predicted molar refractivity (Wildman–Crippen MR) is 92.1 cm³/mol. The SMILES string of the molecule is Cn1nnc2c1CC(C(=O)N1CCC=C(c3ccccc3)C1)CC2. The van der Waals surface area contributed by atoms with Gasteiger partial charge in [0.2, 0.25) is 5.91 Å². The maximum absolute atomic E-state index is 13.0. The third kappa shape index (κ3) is 2.75. The molecule has 2 aliphatic rings. The summed E-state index contributed by atoms with van der Waals surface area (Å²) in [5.41, 5.74) is 4.66. The number of rotatable bonds is 2. The third-order valence-corrected chi connectivity index (χ3v) is 5.15. The molecule has 1 aliphatic carbocycles. The van der Waals surface area contributed by atoms with Gasteiger partial charge >= 0.3 is 0 Å². The highest BCUT2D eigenvalue weighted by Crippen LogP contribution is 2.27. The van der Waals surface area contributed by atoms with E-state index in [1.54, 1.807) is 0 Å². The molecule has 0 saturated heterocycles. The molecule has 24 heavy (non-hydrogen) atoms. The van der Waals surface area contributed by atoms with Crippen LogP contribution in [0.4, 0.5) is 0 Å². The van der Waals surface area contributed by atoms with E-state index < -0.39 is 0 Å². The summed E-state index contributed by atoms with van der Waals surface area (Å²) in [6, 6.07) is 10.4. The van der Waals surface area contributed by atoms with Gasteiger partial charge in [-0.1, -0.05) is 41.6 Å². The molecule has 1 aliphatic heterocycles. The predicted octanol–water partition coefficient (Wildman–Crippen LogP) is 2.24. The van der Waals surface area contributed by atoms with Gasteiger partial charge < -0.3 is 4.90 Å². The zero-order valence-electron chi connectivity index (χ0n) is 14.0. The van der Waals surface area contributed by atoms with Crippen LogP contribution in [0.25, 0.3) is 5.57 Å². The molecule has 124 valence electrons. The fourth-order valence-electron chi connectivity index (χ4n) is 3.77. The number of nitrogens with zero attached hydrogens (tertiary/aromatic N) is 4. The van der Waals surface area contributed by atoms with Crippen LogP contribution >= 0.6 is 0 Å². The Hall–Kier alpha value is -2.43. The number of benzene rings is 1. The van der Waals surface area contributed by atoms with Gasteiger partial charge in [0, 0.05) is 32.5 Å². The average Bonchev–Trinajstić information content (AvgIpc) is 3.02. The van der Waals surface area contributed by atoms with E-state index in [1.165, 1.54) is 11.1 Å². The van der Waals surface area contributed by atoms with E-state index >= 15 is 0 Å². The molecule has 1 aromatic carbocycles. The second-order valence-corrected chi connectivity index (χ2v) is 6.69. The topological polar surface area (TPSA) is 51.0 Å². The number of aryl methyl sites for hydroxylation is 2. The molecule has 0 radical (unpaired) electrons. The summed E-state index contributed by atoms with van der Waals surface area (Å²) in [6.45, 7) is 1.54. The van der Waals surface area contributed by atoms with Crippen LogP contribution in [0, 0.1) is 5.92 Å². The molecule has 0 fully saturated rings. The van der Waals surface area contributed by atoms with Crippen LogP contribution in [0.2, 0.25) is 0 Å². The highest BCUT2D eigenvalue weighted by molar-refractivity contribution is 5.82. The molecular formula is C19H22N4O. The number of hydrogen-bond donors (Lipinski definition) is 0. The summed E-state index contributed by atoms with van der Waals surface area (Å²) >= 11 is 0. The number of fused-ring (bicyclic) bond motifs is 1. The monoisotopic (exact) mass is 322 g/mol. The Morgan fingerprint density at radius 2 is 2.08 bits per heavy atom. The van der Waals surface area contributed by atoms with Crippen molar-refractivity contribution in [3.63, 3.8) is 0 Å². The summed E-state index contributed by atoms with van der Waals surface area (Å²) in [4.78, 5) is 15.1. The van der Waals surface area contributed by atoms with Crippen molar-refractivity contribution in [2.75, 3.05) is 13.1 Å². The van der Waals surface area contributed by atoms with Gasteiger partial charge in [0.15, 0.2) is 0 Å². The minimum atomic E-state index is 0.0600. The van der Waals surface area contributed by atoms with Crippen LogP contribution in [0.15, 0.2) is 36.4 Å². The molecule has 0 bridgehead atoms. The molecule has 1 amide bonds. The van der Waals surface area contributed by atoms with E-state index in [4.69, 9.17) is 0 Å². The molecule has 0 saturated carbocycles. The molecule has 2 heterocycles. The average molecular weight is 322 g/mol. The lowest BCUT2D eigenvalue weighted by atomic mass is 9.88. The van der Waals surface area contributed by atoms with Crippen molar-refractivity contribution in [2.24, 2.45) is 13.0 Å². The molecule has 1 aromatic heterocycles. The van der Waals surface area contributed by atoms with Gasteiger partial charge in [0.05, 0.1) is 11.4 Å². The van der Waals surface area contributed by atoms with Crippen LogP contribution in [0.5, 0.6) is 0 Å². The Bertz CT molecular complexity index is 778. The standard InChI is InChI=1S/C19H22N4O/c1-22-18-12-15(9-10-17(18)20-21-22)19(24)23-11-5-8-16(13-23)14-6-3-2-4-7-14/h2-4,6-8,15H,5,9-13H2,1H3. The number of aromatic nitrogens is 3. The molecule has 1 atom stereocenters. The zero-order valence-corrected chi connectivity index (χ0v) is 14.0. The quantitative estimate of drug-likeness (QED) is 0.852. The second kappa shape index (κ2) is 6.23. The fourth-order valence-corrected chi connectivity index (χ4v) is 3.77. The summed E-state index contributed by atoms with van der Waals surface area (Å²) in [5.74, 6) is 0.341. The summed E-state index contributed by atoms with van der Waals surface area (Å²) in [5, 5.41) is 8.28. The Kier molecular flexibility index (Phi) is 3.92. The minimum Gasteiger partial charge on any atom is -0.338 e. The van der Waals surface area contributed by atoms with Crippen LogP contribution in [0.1, 0.15) is 29.8 Å². The maximum atomic E-state index is 13.0. The zero-order chi connectivity index (χ0) is 16.5. The van der Waals surface area contributed by atoms with Crippen molar-refractivity contribution < 1.29 is 4.79 Å². The van der Waals surface area contributed by atoms with Crippen molar-refractivity contribution in [2.45, 2.75) is 25.7 Å². The van der Waals surface area contributed by atoms with E-state index in [9.17, 15) is 4.79 Å². The van der Waals surface area contributed by atoms with E-state index in [1.807, 2.05) is 22.7 Å². The number of amides is 1. The van der Waals surface area contributed by atoms with Gasteiger partial charge in [0.1, 0.15) is 0 Å². The Labute approximate surface area is 142 Å². The summed E-state index contributed by atoms with van der Waals surface area (Å²) < 4.78 is 1.82. The molecule has 1 unspecified atom stereocenters. The number of carbonyl (C=O) groups excluding carboxylic acids is 1.